The van der Waals surface area contributed by atoms with Crippen LogP contribution in [0.5, 0.6) is 5.75 Å². The molecule has 0 aliphatic heterocycles. The number of nitrogens with zero attached hydrogens (tertiary/aromatic N) is 2. The molecule has 3 rings (SSSR count). The molecule has 0 saturated heterocycles. The Hall–Kier alpha value is -2.29. The number of hydrogen-bond donors (Lipinski definition) is 1. The zero-order valence-electron chi connectivity index (χ0n) is 13.8. The largest absolute Gasteiger partial charge is 0.495 e. The van der Waals surface area contributed by atoms with E-state index in [1.54, 1.807) is 30.6 Å². The Morgan fingerprint density at radius 3 is 2.68 bits per heavy atom. The average molecular weight is 375 g/mol. The number of sulfonamides is 1. The zero-order valence-corrected chi connectivity index (χ0v) is 15.4. The molecule has 1 aromatic carbocycles. The van der Waals surface area contributed by atoms with Gasteiger partial charge >= 0.3 is 0 Å². The summed E-state index contributed by atoms with van der Waals surface area (Å²) in [6, 6.07) is 8.77. The summed E-state index contributed by atoms with van der Waals surface area (Å²) in [5.74, 6) is 0.314. The third-order valence-corrected chi connectivity index (χ3v) is 5.89. The predicted molar refractivity (Wildman–Crippen MR) is 97.1 cm³/mol. The number of hydrogen-bond acceptors (Lipinski definition) is 6. The van der Waals surface area contributed by atoms with Gasteiger partial charge in [0.05, 0.1) is 19.3 Å². The van der Waals surface area contributed by atoms with Crippen LogP contribution in [0.1, 0.15) is 11.3 Å². The number of rotatable bonds is 6. The van der Waals surface area contributed by atoms with E-state index < -0.39 is 10.0 Å². The Morgan fingerprint density at radius 1 is 1.20 bits per heavy atom. The smallest absolute Gasteiger partial charge is 0.244 e. The summed E-state index contributed by atoms with van der Waals surface area (Å²) in [7, 11) is -2.25. The van der Waals surface area contributed by atoms with Crippen LogP contribution >= 0.6 is 11.3 Å². The van der Waals surface area contributed by atoms with Gasteiger partial charge in [0.25, 0.3) is 0 Å². The number of pyridine rings is 1. The van der Waals surface area contributed by atoms with Crippen LogP contribution in [0.25, 0.3) is 10.6 Å². The Morgan fingerprint density at radius 2 is 1.96 bits per heavy atom. The second-order valence-electron chi connectivity index (χ2n) is 5.36. The number of methoxy groups -OCH3 is 1. The van der Waals surface area contributed by atoms with Gasteiger partial charge in [-0.2, -0.15) is 0 Å². The summed E-state index contributed by atoms with van der Waals surface area (Å²) in [4.78, 5) is 8.57. The predicted octanol–water partition coefficient (Wildman–Crippen LogP) is 3.00. The van der Waals surface area contributed by atoms with Crippen LogP contribution in [0.3, 0.4) is 0 Å². The minimum atomic E-state index is -3.70. The summed E-state index contributed by atoms with van der Waals surface area (Å²) in [5.41, 5.74) is 2.45. The van der Waals surface area contributed by atoms with Crippen LogP contribution in [0.4, 0.5) is 0 Å². The molecule has 2 aromatic heterocycles. The first kappa shape index (κ1) is 17.5. The zero-order chi connectivity index (χ0) is 17.9. The Bertz CT molecular complexity index is 970. The highest BCUT2D eigenvalue weighted by atomic mass is 32.2. The molecule has 6 nitrogen and oxygen atoms in total. The number of thiazole rings is 1. The lowest BCUT2D eigenvalue weighted by atomic mass is 10.2. The molecule has 0 aliphatic rings. The highest BCUT2D eigenvalue weighted by Crippen LogP contribution is 2.26. The highest BCUT2D eigenvalue weighted by Gasteiger charge is 2.20. The highest BCUT2D eigenvalue weighted by molar-refractivity contribution is 7.89. The van der Waals surface area contributed by atoms with Crippen molar-refractivity contribution < 1.29 is 13.2 Å². The molecule has 8 heteroatoms. The maximum atomic E-state index is 12.6. The van der Waals surface area contributed by atoms with Gasteiger partial charge in [-0.1, -0.05) is 6.07 Å². The molecule has 2 heterocycles. The topological polar surface area (TPSA) is 81.2 Å². The van der Waals surface area contributed by atoms with Crippen molar-refractivity contribution in [3.05, 3.63) is 59.4 Å². The lowest BCUT2D eigenvalue weighted by Crippen LogP contribution is -2.24. The Kier molecular flexibility index (Phi) is 5.12. The molecular formula is C17H17N3O3S2. The van der Waals surface area contributed by atoms with Crippen molar-refractivity contribution in [2.75, 3.05) is 7.11 Å². The molecule has 0 aliphatic carbocycles. The molecule has 0 radical (unpaired) electrons. The molecule has 0 spiro atoms. The van der Waals surface area contributed by atoms with Crippen molar-refractivity contribution in [1.29, 1.82) is 0 Å². The fraction of sp³-hybridized carbons (Fsp3) is 0.176. The molecule has 25 heavy (non-hydrogen) atoms. The number of aromatic nitrogens is 2. The first-order chi connectivity index (χ1) is 12.0. The van der Waals surface area contributed by atoms with Gasteiger partial charge in [0.15, 0.2) is 0 Å². The van der Waals surface area contributed by atoms with E-state index in [2.05, 4.69) is 14.7 Å². The summed E-state index contributed by atoms with van der Waals surface area (Å²) in [5, 5.41) is 2.66. The maximum absolute atomic E-state index is 12.6. The SMILES string of the molecule is COc1ccc(C)cc1S(=O)(=O)NCc1csc(-c2ccncc2)n1. The van der Waals surface area contributed by atoms with Crippen molar-refractivity contribution in [1.82, 2.24) is 14.7 Å². The van der Waals surface area contributed by atoms with Gasteiger partial charge in [0, 0.05) is 23.3 Å². The quantitative estimate of drug-likeness (QED) is 0.716. The van der Waals surface area contributed by atoms with Crippen LogP contribution in [0.15, 0.2) is 53.0 Å². The van der Waals surface area contributed by atoms with Gasteiger partial charge in [0.1, 0.15) is 15.7 Å². The molecule has 0 saturated carbocycles. The first-order valence-corrected chi connectivity index (χ1v) is 9.85. The van der Waals surface area contributed by atoms with Crippen molar-refractivity contribution in [3.8, 4) is 16.3 Å². The normalized spacial score (nSPS) is 11.4. The van der Waals surface area contributed by atoms with Crippen LogP contribution < -0.4 is 9.46 Å². The van der Waals surface area contributed by atoms with E-state index in [4.69, 9.17) is 4.74 Å². The summed E-state index contributed by atoms with van der Waals surface area (Å²) >= 11 is 1.46. The average Bonchev–Trinajstić information content (AvgIpc) is 3.10. The minimum Gasteiger partial charge on any atom is -0.495 e. The van der Waals surface area contributed by atoms with E-state index >= 15 is 0 Å². The number of benzene rings is 1. The van der Waals surface area contributed by atoms with Crippen molar-refractivity contribution in [2.45, 2.75) is 18.4 Å². The molecular weight excluding hydrogens is 358 g/mol. The number of aryl methyl sites for hydroxylation is 1. The van der Waals surface area contributed by atoms with E-state index in [1.165, 1.54) is 18.4 Å². The van der Waals surface area contributed by atoms with Crippen molar-refractivity contribution in [2.24, 2.45) is 0 Å². The molecule has 0 unspecified atom stereocenters. The van der Waals surface area contributed by atoms with E-state index in [0.29, 0.717) is 11.4 Å². The van der Waals surface area contributed by atoms with E-state index in [1.807, 2.05) is 24.4 Å². The van der Waals surface area contributed by atoms with Gasteiger partial charge in [0.2, 0.25) is 10.0 Å². The number of nitrogens with one attached hydrogen (secondary N) is 1. The molecule has 1 N–H and O–H groups in total. The monoisotopic (exact) mass is 375 g/mol. The summed E-state index contributed by atoms with van der Waals surface area (Å²) < 4.78 is 32.9. The third-order valence-electron chi connectivity index (χ3n) is 3.53. The molecule has 0 atom stereocenters. The minimum absolute atomic E-state index is 0.112. The summed E-state index contributed by atoms with van der Waals surface area (Å²) in [6.07, 6.45) is 3.40. The standard InChI is InChI=1S/C17H17N3O3S2/c1-12-3-4-15(23-2)16(9-12)25(21,22)19-10-14-11-24-17(20-14)13-5-7-18-8-6-13/h3-9,11,19H,10H2,1-2H3. The van der Waals surface area contributed by atoms with Crippen LogP contribution in [-0.2, 0) is 16.6 Å². The van der Waals surface area contributed by atoms with Gasteiger partial charge < -0.3 is 4.74 Å². The molecule has 0 fully saturated rings. The van der Waals surface area contributed by atoms with E-state index in [9.17, 15) is 8.42 Å². The second kappa shape index (κ2) is 7.30. The van der Waals surface area contributed by atoms with E-state index in [0.717, 1.165) is 16.1 Å². The van der Waals surface area contributed by atoms with Gasteiger partial charge in [-0.25, -0.2) is 18.1 Å². The van der Waals surface area contributed by atoms with Crippen molar-refractivity contribution in [3.63, 3.8) is 0 Å². The van der Waals surface area contributed by atoms with E-state index in [-0.39, 0.29) is 11.4 Å². The molecule has 0 bridgehead atoms. The number of ether oxygens (including phenoxy) is 1. The third kappa shape index (κ3) is 4.04. The van der Waals surface area contributed by atoms with Crippen LogP contribution in [0.2, 0.25) is 0 Å². The molecule has 0 amide bonds. The fourth-order valence-corrected chi connectivity index (χ4v) is 4.33. The molecule has 130 valence electrons. The lowest BCUT2D eigenvalue weighted by molar-refractivity contribution is 0.402. The fourth-order valence-electron chi connectivity index (χ4n) is 2.26. The maximum Gasteiger partial charge on any atom is 0.244 e. The van der Waals surface area contributed by atoms with Gasteiger partial charge in [-0.05, 0) is 36.8 Å². The lowest BCUT2D eigenvalue weighted by Gasteiger charge is -2.10. The van der Waals surface area contributed by atoms with Gasteiger partial charge in [-0.15, -0.1) is 11.3 Å². The van der Waals surface area contributed by atoms with Crippen LogP contribution in [-0.4, -0.2) is 25.5 Å². The second-order valence-corrected chi connectivity index (χ2v) is 7.95. The Labute approximate surface area is 150 Å². The summed E-state index contributed by atoms with van der Waals surface area (Å²) in [6.45, 7) is 1.95. The Balaban J connectivity index is 1.77. The first-order valence-electron chi connectivity index (χ1n) is 7.49. The van der Waals surface area contributed by atoms with Gasteiger partial charge in [-0.3, -0.25) is 4.98 Å². The van der Waals surface area contributed by atoms with Crippen molar-refractivity contribution >= 4 is 21.4 Å². The van der Waals surface area contributed by atoms with Crippen LogP contribution in [0, 0.1) is 6.92 Å². The molecule has 3 aromatic rings.